The summed E-state index contributed by atoms with van der Waals surface area (Å²) in [5.41, 5.74) is 0.257. The fraction of sp³-hybridized carbons (Fsp3) is 0.500. The lowest BCUT2D eigenvalue weighted by Gasteiger charge is -2.40. The number of nitrogens with zero attached hydrogens (tertiary/aromatic N) is 1. The normalized spacial score (nSPS) is 26.2. The van der Waals surface area contributed by atoms with Crippen molar-refractivity contribution >= 4 is 23.2 Å². The van der Waals surface area contributed by atoms with Crippen LogP contribution in [0.25, 0.3) is 0 Å². The van der Waals surface area contributed by atoms with Crippen LogP contribution >= 0.6 is 0 Å². The van der Waals surface area contributed by atoms with Crippen LogP contribution in [0.4, 0.5) is 11.4 Å². The molecular formula is C16H20N4O4. The van der Waals surface area contributed by atoms with E-state index in [-0.39, 0.29) is 36.0 Å². The van der Waals surface area contributed by atoms with Crippen LogP contribution < -0.4 is 16.0 Å². The molecule has 0 radical (unpaired) electrons. The number of nitro groups is 1. The Morgan fingerprint density at radius 2 is 2.04 bits per heavy atom. The maximum absolute atomic E-state index is 12.2. The summed E-state index contributed by atoms with van der Waals surface area (Å²) in [6.07, 6.45) is 4.19. The van der Waals surface area contributed by atoms with Gasteiger partial charge in [0.15, 0.2) is 0 Å². The van der Waals surface area contributed by atoms with Crippen molar-refractivity contribution in [1.82, 2.24) is 10.6 Å². The zero-order valence-electron chi connectivity index (χ0n) is 13.2. The first-order valence-electron chi connectivity index (χ1n) is 8.13. The minimum atomic E-state index is -0.567. The molecular weight excluding hydrogens is 312 g/mol. The van der Waals surface area contributed by atoms with Gasteiger partial charge < -0.3 is 16.0 Å². The molecule has 8 nitrogen and oxygen atoms in total. The van der Waals surface area contributed by atoms with E-state index in [1.54, 1.807) is 6.07 Å². The number of carbonyl (C=O) groups excluding carboxylic acids is 2. The van der Waals surface area contributed by atoms with E-state index >= 15 is 0 Å². The molecule has 24 heavy (non-hydrogen) atoms. The lowest BCUT2D eigenvalue weighted by molar-refractivity contribution is -0.384. The molecule has 1 aliphatic heterocycles. The van der Waals surface area contributed by atoms with Gasteiger partial charge in [0.25, 0.3) is 5.69 Å². The number of nitro benzene ring substituents is 1. The van der Waals surface area contributed by atoms with Crippen LogP contribution in [0.1, 0.15) is 32.1 Å². The van der Waals surface area contributed by atoms with E-state index < -0.39 is 11.0 Å². The summed E-state index contributed by atoms with van der Waals surface area (Å²) < 4.78 is 0. The highest BCUT2D eigenvalue weighted by molar-refractivity contribution is 5.96. The number of rotatable bonds is 4. The molecule has 1 aliphatic carbocycles. The molecule has 1 heterocycles. The summed E-state index contributed by atoms with van der Waals surface area (Å²) in [5.74, 6) is -0.509. The molecule has 2 fully saturated rings. The van der Waals surface area contributed by atoms with Gasteiger partial charge in [0, 0.05) is 29.9 Å². The van der Waals surface area contributed by atoms with Gasteiger partial charge in [-0.15, -0.1) is 0 Å². The van der Waals surface area contributed by atoms with Crippen LogP contribution in [0, 0.1) is 10.1 Å². The third kappa shape index (κ3) is 3.70. The number of amides is 2. The molecule has 0 unspecified atom stereocenters. The standard InChI is InChI=1S/C16H20N4O4/c21-15(17-10-4-3-5-11(8-10)20(23)24)9-14-16(22)19-13-7-2-1-6-12(13)18-14/h3-5,8,12-14,18H,1-2,6-7,9H2,(H,17,21)(H,19,22)/t12-,13-,14-/m0/s1. The third-order valence-corrected chi connectivity index (χ3v) is 4.56. The van der Waals surface area contributed by atoms with Crippen molar-refractivity contribution in [1.29, 1.82) is 0 Å². The predicted octanol–water partition coefficient (Wildman–Crippen LogP) is 1.32. The number of nitrogens with one attached hydrogen (secondary N) is 3. The number of carbonyl (C=O) groups is 2. The summed E-state index contributed by atoms with van der Waals surface area (Å²) >= 11 is 0. The SMILES string of the molecule is O=C(C[C@@H]1N[C@H]2CCCC[C@@H]2NC1=O)Nc1cccc([N+](=O)[O-])c1. The van der Waals surface area contributed by atoms with Crippen molar-refractivity contribution in [3.63, 3.8) is 0 Å². The molecule has 128 valence electrons. The molecule has 3 N–H and O–H groups in total. The number of hydrogen-bond acceptors (Lipinski definition) is 5. The lowest BCUT2D eigenvalue weighted by atomic mass is 9.87. The third-order valence-electron chi connectivity index (χ3n) is 4.56. The van der Waals surface area contributed by atoms with Gasteiger partial charge in [-0.2, -0.15) is 0 Å². The first-order valence-corrected chi connectivity index (χ1v) is 8.13. The van der Waals surface area contributed by atoms with Crippen molar-refractivity contribution in [3.05, 3.63) is 34.4 Å². The number of piperazine rings is 1. The van der Waals surface area contributed by atoms with E-state index in [2.05, 4.69) is 16.0 Å². The zero-order chi connectivity index (χ0) is 17.1. The second-order valence-electron chi connectivity index (χ2n) is 6.29. The molecule has 0 spiro atoms. The van der Waals surface area contributed by atoms with Crippen molar-refractivity contribution in [2.75, 3.05) is 5.32 Å². The van der Waals surface area contributed by atoms with E-state index in [0.29, 0.717) is 5.69 Å². The van der Waals surface area contributed by atoms with Gasteiger partial charge in [0.05, 0.1) is 17.4 Å². The van der Waals surface area contributed by atoms with Crippen LogP contribution in [0.3, 0.4) is 0 Å². The highest BCUT2D eigenvalue weighted by Crippen LogP contribution is 2.23. The van der Waals surface area contributed by atoms with E-state index in [4.69, 9.17) is 0 Å². The summed E-state index contributed by atoms with van der Waals surface area (Å²) in [7, 11) is 0. The monoisotopic (exact) mass is 332 g/mol. The maximum atomic E-state index is 12.2. The number of hydrogen-bond donors (Lipinski definition) is 3. The van der Waals surface area contributed by atoms with Gasteiger partial charge in [0.2, 0.25) is 11.8 Å². The second-order valence-corrected chi connectivity index (χ2v) is 6.29. The highest BCUT2D eigenvalue weighted by atomic mass is 16.6. The Bertz CT molecular complexity index is 663. The average Bonchev–Trinajstić information content (AvgIpc) is 2.55. The first kappa shape index (κ1) is 16.4. The minimum absolute atomic E-state index is 0.00224. The Hall–Kier alpha value is -2.48. The van der Waals surface area contributed by atoms with Gasteiger partial charge in [-0.3, -0.25) is 19.7 Å². The van der Waals surface area contributed by atoms with E-state index in [1.165, 1.54) is 18.2 Å². The fourth-order valence-corrected chi connectivity index (χ4v) is 3.37. The van der Waals surface area contributed by atoms with Crippen molar-refractivity contribution in [2.45, 2.75) is 50.2 Å². The molecule has 2 aliphatic rings. The lowest BCUT2D eigenvalue weighted by Crippen LogP contribution is -2.65. The zero-order valence-corrected chi connectivity index (χ0v) is 13.2. The van der Waals surface area contributed by atoms with Gasteiger partial charge in [-0.25, -0.2) is 0 Å². The van der Waals surface area contributed by atoms with E-state index in [0.717, 1.165) is 25.7 Å². The largest absolute Gasteiger partial charge is 0.350 e. The Morgan fingerprint density at radius 1 is 1.29 bits per heavy atom. The second kappa shape index (κ2) is 6.96. The highest BCUT2D eigenvalue weighted by Gasteiger charge is 2.36. The molecule has 3 rings (SSSR count). The minimum Gasteiger partial charge on any atom is -0.350 e. The van der Waals surface area contributed by atoms with E-state index in [9.17, 15) is 19.7 Å². The van der Waals surface area contributed by atoms with Crippen LogP contribution in [0.15, 0.2) is 24.3 Å². The average molecular weight is 332 g/mol. The Balaban J connectivity index is 1.59. The summed E-state index contributed by atoms with van der Waals surface area (Å²) in [4.78, 5) is 34.5. The van der Waals surface area contributed by atoms with Gasteiger partial charge in [-0.1, -0.05) is 18.9 Å². The van der Waals surface area contributed by atoms with Crippen LogP contribution in [0.5, 0.6) is 0 Å². The maximum Gasteiger partial charge on any atom is 0.271 e. The van der Waals surface area contributed by atoms with Crippen molar-refractivity contribution < 1.29 is 14.5 Å². The smallest absolute Gasteiger partial charge is 0.271 e. The molecule has 1 saturated carbocycles. The summed E-state index contributed by atoms with van der Waals surface area (Å²) in [6.45, 7) is 0. The fourth-order valence-electron chi connectivity index (χ4n) is 3.37. The van der Waals surface area contributed by atoms with Crippen LogP contribution in [-0.2, 0) is 9.59 Å². The molecule has 3 atom stereocenters. The molecule has 0 aromatic heterocycles. The Labute approximate surface area is 139 Å². The van der Waals surface area contributed by atoms with E-state index in [1.807, 2.05) is 0 Å². The first-order chi connectivity index (χ1) is 11.5. The van der Waals surface area contributed by atoms with Gasteiger partial charge >= 0.3 is 0 Å². The van der Waals surface area contributed by atoms with Gasteiger partial charge in [-0.05, 0) is 18.9 Å². The number of non-ortho nitro benzene ring substituents is 1. The topological polar surface area (TPSA) is 113 Å². The molecule has 0 bridgehead atoms. The Kier molecular flexibility index (Phi) is 4.75. The van der Waals surface area contributed by atoms with Crippen LogP contribution in [0.2, 0.25) is 0 Å². The molecule has 2 amide bonds. The summed E-state index contributed by atoms with van der Waals surface area (Å²) in [6, 6.07) is 5.54. The molecule has 1 aromatic carbocycles. The number of anilines is 1. The molecule has 1 aromatic rings. The molecule has 1 saturated heterocycles. The molecule has 8 heteroatoms. The quantitative estimate of drug-likeness (QED) is 0.568. The number of benzene rings is 1. The summed E-state index contributed by atoms with van der Waals surface area (Å²) in [5, 5.41) is 19.6. The van der Waals surface area contributed by atoms with Crippen molar-refractivity contribution in [3.8, 4) is 0 Å². The Morgan fingerprint density at radius 3 is 2.79 bits per heavy atom. The number of fused-ring (bicyclic) bond motifs is 1. The predicted molar refractivity (Wildman–Crippen MR) is 87.5 cm³/mol. The van der Waals surface area contributed by atoms with Crippen molar-refractivity contribution in [2.24, 2.45) is 0 Å². The van der Waals surface area contributed by atoms with Gasteiger partial charge in [0.1, 0.15) is 0 Å². The van der Waals surface area contributed by atoms with Crippen LogP contribution in [-0.4, -0.2) is 34.9 Å².